The predicted molar refractivity (Wildman–Crippen MR) is 181 cm³/mol. The Bertz CT molecular complexity index is 1320. The van der Waals surface area contributed by atoms with Gasteiger partial charge in [-0.15, -0.1) is 0 Å². The van der Waals surface area contributed by atoms with Crippen molar-refractivity contribution in [3.8, 4) is 0 Å². The van der Waals surface area contributed by atoms with Crippen molar-refractivity contribution in [2.75, 3.05) is 41.7 Å². The summed E-state index contributed by atoms with van der Waals surface area (Å²) in [6.45, 7) is 0.474. The van der Waals surface area contributed by atoms with Crippen LogP contribution in [-0.2, 0) is 60.7 Å². The minimum Gasteiger partial charge on any atom is -0.481 e. The van der Waals surface area contributed by atoms with Gasteiger partial charge in [0.25, 0.3) is 0 Å². The number of rotatable bonds is 16. The first-order valence-electron chi connectivity index (χ1n) is 16.7. The van der Waals surface area contributed by atoms with E-state index in [2.05, 4.69) is 10.6 Å². The SMILES string of the molecule is COCOC(=O)[C@H]1C[C@@H](NC(=O)OCc2ccccc2)C[C@@H](OCOC)C1.COCO[C@@H]1C[C@H](NC(=O)OCc2ccccc2)C[C@H](C(=O)O)C1. The molecule has 0 saturated heterocycles. The largest absolute Gasteiger partial charge is 0.481 e. The van der Waals surface area contributed by atoms with Gasteiger partial charge in [-0.1, -0.05) is 60.7 Å². The van der Waals surface area contributed by atoms with Crippen molar-refractivity contribution in [2.24, 2.45) is 11.8 Å². The zero-order valence-corrected chi connectivity index (χ0v) is 29.4. The lowest BCUT2D eigenvalue weighted by atomic mass is 9.84. The van der Waals surface area contributed by atoms with Gasteiger partial charge in [-0.3, -0.25) is 9.59 Å². The van der Waals surface area contributed by atoms with E-state index in [1.165, 1.54) is 21.3 Å². The first-order valence-corrected chi connectivity index (χ1v) is 16.7. The van der Waals surface area contributed by atoms with E-state index in [1.54, 1.807) is 0 Å². The van der Waals surface area contributed by atoms with Crippen molar-refractivity contribution in [3.63, 3.8) is 0 Å². The molecule has 0 unspecified atom stereocenters. The lowest BCUT2D eigenvalue weighted by molar-refractivity contribution is -0.164. The molecule has 0 aromatic heterocycles. The van der Waals surface area contributed by atoms with Crippen molar-refractivity contribution >= 4 is 24.1 Å². The third kappa shape index (κ3) is 16.1. The Morgan fingerprint density at radius 1 is 0.588 bits per heavy atom. The molecule has 3 N–H and O–H groups in total. The second kappa shape index (κ2) is 23.2. The fourth-order valence-corrected chi connectivity index (χ4v) is 5.86. The zero-order valence-electron chi connectivity index (χ0n) is 29.4. The highest BCUT2D eigenvalue weighted by atomic mass is 16.7. The third-order valence-electron chi connectivity index (χ3n) is 8.24. The van der Waals surface area contributed by atoms with Crippen molar-refractivity contribution < 1.29 is 62.2 Å². The van der Waals surface area contributed by atoms with E-state index in [9.17, 15) is 24.3 Å². The summed E-state index contributed by atoms with van der Waals surface area (Å²) in [6.07, 6.45) is 1.27. The number of benzene rings is 2. The van der Waals surface area contributed by atoms with Crippen molar-refractivity contribution in [1.29, 1.82) is 0 Å². The number of carboxylic acids is 1. The molecule has 15 heteroatoms. The van der Waals surface area contributed by atoms with Gasteiger partial charge >= 0.3 is 24.1 Å². The fourth-order valence-electron chi connectivity index (χ4n) is 5.86. The number of carbonyl (C=O) groups is 4. The Morgan fingerprint density at radius 3 is 1.45 bits per heavy atom. The van der Waals surface area contributed by atoms with E-state index >= 15 is 0 Å². The molecule has 0 heterocycles. The molecule has 0 spiro atoms. The van der Waals surface area contributed by atoms with E-state index in [0.717, 1.165) is 11.1 Å². The first kappa shape index (κ1) is 41.1. The summed E-state index contributed by atoms with van der Waals surface area (Å²) in [5.41, 5.74) is 1.79. The van der Waals surface area contributed by atoms with E-state index in [0.29, 0.717) is 38.5 Å². The van der Waals surface area contributed by atoms with Crippen LogP contribution < -0.4 is 10.6 Å². The van der Waals surface area contributed by atoms with Gasteiger partial charge in [-0.2, -0.15) is 0 Å². The van der Waals surface area contributed by atoms with Crippen LogP contribution in [0.2, 0.25) is 0 Å². The highest BCUT2D eigenvalue weighted by Gasteiger charge is 2.36. The maximum atomic E-state index is 12.2. The molecule has 0 bridgehead atoms. The summed E-state index contributed by atoms with van der Waals surface area (Å²) in [5, 5.41) is 14.8. The Hall–Kier alpha value is -4.28. The van der Waals surface area contributed by atoms with Crippen molar-refractivity contribution in [2.45, 2.75) is 76.0 Å². The molecule has 282 valence electrons. The summed E-state index contributed by atoms with van der Waals surface area (Å²) in [6, 6.07) is 18.2. The molecule has 0 aliphatic heterocycles. The Labute approximate surface area is 298 Å². The standard InChI is InChI=1S/C19H27NO7.C17H23NO6/c1-23-12-26-17-9-15(18(21)27-13-24-2)8-16(10-17)20-19(22)25-11-14-6-4-3-5-7-14;1-22-11-24-15-8-13(16(19)20)7-14(9-15)18-17(21)23-10-12-5-3-2-4-6-12/h3-7,15-17H,8-13H2,1-2H3,(H,20,22);2-6,13-15H,7-11H2,1H3,(H,18,21)(H,19,20)/t15-,16+,17-;13-,14+,15-/m00/s1. The van der Waals surface area contributed by atoms with Crippen LogP contribution in [0.3, 0.4) is 0 Å². The number of esters is 1. The number of nitrogens with one attached hydrogen (secondary N) is 2. The van der Waals surface area contributed by atoms with Crippen LogP contribution in [0.1, 0.15) is 49.7 Å². The first-order chi connectivity index (χ1) is 24.7. The van der Waals surface area contributed by atoms with Crippen LogP contribution in [0, 0.1) is 11.8 Å². The average molecular weight is 719 g/mol. The highest BCUT2D eigenvalue weighted by Crippen LogP contribution is 2.29. The molecule has 51 heavy (non-hydrogen) atoms. The monoisotopic (exact) mass is 718 g/mol. The maximum Gasteiger partial charge on any atom is 0.407 e. The number of ether oxygens (including phenoxy) is 8. The minimum atomic E-state index is -0.884. The topological polar surface area (TPSA) is 186 Å². The number of methoxy groups -OCH3 is 3. The van der Waals surface area contributed by atoms with Gasteiger partial charge in [0.05, 0.1) is 24.0 Å². The van der Waals surface area contributed by atoms with Crippen molar-refractivity contribution in [3.05, 3.63) is 71.8 Å². The summed E-state index contributed by atoms with van der Waals surface area (Å²) < 4.78 is 41.1. The Morgan fingerprint density at radius 2 is 1.02 bits per heavy atom. The predicted octanol–water partition coefficient (Wildman–Crippen LogP) is 4.37. The van der Waals surface area contributed by atoms with Gasteiger partial charge in [-0.25, -0.2) is 9.59 Å². The molecular weight excluding hydrogens is 668 g/mol. The van der Waals surface area contributed by atoms with Gasteiger partial charge in [0.2, 0.25) is 0 Å². The number of hydrogen-bond donors (Lipinski definition) is 3. The zero-order chi connectivity index (χ0) is 36.8. The van der Waals surface area contributed by atoms with Crippen LogP contribution in [-0.4, -0.2) is 95.2 Å². The van der Waals surface area contributed by atoms with Crippen molar-refractivity contribution in [1.82, 2.24) is 10.6 Å². The van der Waals surface area contributed by atoms with Gasteiger partial charge in [0, 0.05) is 33.4 Å². The quantitative estimate of drug-likeness (QED) is 0.126. The average Bonchev–Trinajstić information content (AvgIpc) is 3.14. The Kier molecular flexibility index (Phi) is 18.8. The van der Waals surface area contributed by atoms with E-state index in [4.69, 9.17) is 37.9 Å². The summed E-state index contributed by atoms with van der Waals surface area (Å²) in [7, 11) is 4.49. The second-order valence-electron chi connectivity index (χ2n) is 12.2. The molecule has 2 aromatic rings. The molecule has 4 rings (SSSR count). The minimum absolute atomic E-state index is 0.0994. The van der Waals surface area contributed by atoms with E-state index in [1.807, 2.05) is 60.7 Å². The van der Waals surface area contributed by atoms with Gasteiger partial charge in [0.1, 0.15) is 26.8 Å². The summed E-state index contributed by atoms with van der Waals surface area (Å²) in [4.78, 5) is 47.5. The number of carbonyl (C=O) groups excluding carboxylic acids is 3. The maximum absolute atomic E-state index is 12.2. The van der Waals surface area contributed by atoms with Crippen LogP contribution >= 0.6 is 0 Å². The highest BCUT2D eigenvalue weighted by molar-refractivity contribution is 5.73. The van der Waals surface area contributed by atoms with E-state index < -0.39 is 30.0 Å². The van der Waals surface area contributed by atoms with Gasteiger partial charge in [0.15, 0.2) is 6.79 Å². The number of aliphatic carboxylic acids is 1. The fraction of sp³-hybridized carbons (Fsp3) is 0.556. The molecule has 6 atom stereocenters. The summed E-state index contributed by atoms with van der Waals surface area (Å²) in [5.74, 6) is -2.20. The molecule has 2 fully saturated rings. The second-order valence-corrected chi connectivity index (χ2v) is 12.2. The molecule has 2 aromatic carbocycles. The van der Waals surface area contributed by atoms with Crippen LogP contribution in [0.25, 0.3) is 0 Å². The molecule has 2 aliphatic rings. The number of amides is 2. The molecule has 0 radical (unpaired) electrons. The normalized spacial score (nSPS) is 22.7. The third-order valence-corrected chi connectivity index (χ3v) is 8.24. The summed E-state index contributed by atoms with van der Waals surface area (Å²) >= 11 is 0. The van der Waals surface area contributed by atoms with Crippen LogP contribution in [0.5, 0.6) is 0 Å². The molecule has 2 amide bonds. The lowest BCUT2D eigenvalue weighted by Gasteiger charge is -2.33. The smallest absolute Gasteiger partial charge is 0.407 e. The van der Waals surface area contributed by atoms with E-state index in [-0.39, 0.29) is 63.9 Å². The van der Waals surface area contributed by atoms with Gasteiger partial charge < -0.3 is 53.6 Å². The molecule has 15 nitrogen and oxygen atoms in total. The molecular formula is C36H50N2O13. The number of carboxylic acid groups (broad SMARTS) is 1. The molecule has 2 aliphatic carbocycles. The number of hydrogen-bond acceptors (Lipinski definition) is 12. The lowest BCUT2D eigenvalue weighted by Crippen LogP contribution is -2.45. The van der Waals surface area contributed by atoms with Gasteiger partial charge in [-0.05, 0) is 49.7 Å². The Balaban J connectivity index is 0.000000277. The number of alkyl carbamates (subject to hydrolysis) is 2. The van der Waals surface area contributed by atoms with Crippen LogP contribution in [0.15, 0.2) is 60.7 Å². The molecule has 2 saturated carbocycles. The van der Waals surface area contributed by atoms with Crippen LogP contribution in [0.4, 0.5) is 9.59 Å².